The molecule has 4 saturated carbocycles. The number of likely N-dealkylation sites (tertiary alicyclic amines) is 1. The Morgan fingerprint density at radius 1 is 1.00 bits per heavy atom. The van der Waals surface area contributed by atoms with Crippen molar-refractivity contribution in [2.75, 3.05) is 45.9 Å². The lowest BCUT2D eigenvalue weighted by atomic mass is 9.44. The Labute approximate surface area is 230 Å². The zero-order valence-electron chi connectivity index (χ0n) is 22.8. The van der Waals surface area contributed by atoms with Crippen LogP contribution in [0.4, 0.5) is 0 Å². The van der Waals surface area contributed by atoms with Crippen molar-refractivity contribution in [3.05, 3.63) is 12.7 Å². The summed E-state index contributed by atoms with van der Waals surface area (Å²) in [7, 11) is 0. The van der Waals surface area contributed by atoms with Gasteiger partial charge in [0.05, 0.1) is 39.0 Å². The zero-order chi connectivity index (χ0) is 24.4. The van der Waals surface area contributed by atoms with E-state index in [1.165, 1.54) is 58.0 Å². The van der Waals surface area contributed by atoms with E-state index in [-0.39, 0.29) is 34.6 Å². The molecule has 6 aliphatic rings. The van der Waals surface area contributed by atoms with Gasteiger partial charge in [-0.15, -0.1) is 0 Å². The highest BCUT2D eigenvalue weighted by Gasteiger charge is 2.66. The van der Waals surface area contributed by atoms with Crippen LogP contribution in [0.5, 0.6) is 0 Å². The third-order valence-electron chi connectivity index (χ3n) is 12.8. The summed E-state index contributed by atoms with van der Waals surface area (Å²) in [5.74, 6) is 2.78. The Kier molecular flexibility index (Phi) is 7.82. The van der Waals surface area contributed by atoms with Crippen molar-refractivity contribution >= 4 is 0 Å². The number of aliphatic hydroxyl groups excluding tert-OH is 2. The highest BCUT2D eigenvalue weighted by molar-refractivity contribution is 5.13. The van der Waals surface area contributed by atoms with E-state index in [2.05, 4.69) is 31.4 Å². The van der Waals surface area contributed by atoms with E-state index in [9.17, 15) is 10.2 Å². The Bertz CT molecular complexity index is 799. The summed E-state index contributed by atoms with van der Waals surface area (Å²) < 4.78 is 6.73. The smallest absolute Gasteiger partial charge is 0.116 e. The van der Waals surface area contributed by atoms with Gasteiger partial charge in [-0.05, 0) is 73.7 Å². The van der Waals surface area contributed by atoms with Crippen LogP contribution in [0.15, 0.2) is 12.7 Å². The molecule has 2 heterocycles. The van der Waals surface area contributed by atoms with Gasteiger partial charge in [0, 0.05) is 43.8 Å². The second-order valence-corrected chi connectivity index (χ2v) is 14.0. The molecule has 0 radical (unpaired) electrons. The SMILES string of the molecule is C=CC[N+]1(C2CC3C4CCC5CC(O)C(N6CCOCC6)CC5(C)C4CCC3(C)C2O)CCCC1.[Br-]. The predicted molar refractivity (Wildman–Crippen MR) is 139 cm³/mol. The van der Waals surface area contributed by atoms with E-state index in [1.54, 1.807) is 0 Å². The third-order valence-corrected chi connectivity index (χ3v) is 12.8. The van der Waals surface area contributed by atoms with Crippen LogP contribution in [0.1, 0.15) is 71.6 Å². The van der Waals surface area contributed by atoms with Crippen LogP contribution in [0.3, 0.4) is 0 Å². The molecule has 2 saturated heterocycles. The normalized spacial score (nSPS) is 50.4. The molecule has 2 aliphatic heterocycles. The van der Waals surface area contributed by atoms with Crippen molar-refractivity contribution in [3.63, 3.8) is 0 Å². The molecule has 206 valence electrons. The fourth-order valence-electron chi connectivity index (χ4n) is 10.9. The van der Waals surface area contributed by atoms with Gasteiger partial charge in [0.15, 0.2) is 0 Å². The van der Waals surface area contributed by atoms with Gasteiger partial charge in [-0.25, -0.2) is 0 Å². The quantitative estimate of drug-likeness (QED) is 0.391. The van der Waals surface area contributed by atoms with Gasteiger partial charge in [-0.2, -0.15) is 0 Å². The largest absolute Gasteiger partial charge is 1.00 e. The molecule has 2 N–H and O–H groups in total. The van der Waals surface area contributed by atoms with Crippen molar-refractivity contribution < 1.29 is 36.4 Å². The van der Waals surface area contributed by atoms with Gasteiger partial charge < -0.3 is 36.4 Å². The van der Waals surface area contributed by atoms with Gasteiger partial charge in [0.1, 0.15) is 12.1 Å². The number of ether oxygens (including phenoxy) is 1. The summed E-state index contributed by atoms with van der Waals surface area (Å²) in [6.45, 7) is 16.2. The number of fused-ring (bicyclic) bond motifs is 5. The number of morpholine rings is 1. The topological polar surface area (TPSA) is 52.9 Å². The van der Waals surface area contributed by atoms with Gasteiger partial charge in [-0.1, -0.05) is 20.4 Å². The standard InChI is InChI=1S/C30H51N2O3.BrH/c1-4-13-32(14-5-6-15-32)26-19-24-22-8-7-21-18-27(33)25(31-11-16-35-17-12-31)20-30(21,3)23(22)9-10-29(24,2)28(26)34;/h4,21-28,33-34H,1,5-20H2,2-3H3;1H/q+1;/p-1. The molecule has 6 heteroatoms. The molecule has 0 bridgehead atoms. The Hall–Kier alpha value is 0.0200. The molecule has 10 unspecified atom stereocenters. The maximum atomic E-state index is 11.9. The van der Waals surface area contributed by atoms with Crippen LogP contribution < -0.4 is 17.0 Å². The molecule has 0 aromatic heterocycles. The van der Waals surface area contributed by atoms with E-state index in [0.29, 0.717) is 29.3 Å². The van der Waals surface area contributed by atoms with Crippen LogP contribution in [-0.4, -0.2) is 89.8 Å². The first-order valence-corrected chi connectivity index (χ1v) is 15.0. The van der Waals surface area contributed by atoms with Gasteiger partial charge in [0.2, 0.25) is 0 Å². The number of nitrogens with zero attached hydrogens (tertiary/aromatic N) is 2. The highest BCUT2D eigenvalue weighted by atomic mass is 79.9. The van der Waals surface area contributed by atoms with Crippen LogP contribution in [0.2, 0.25) is 0 Å². The summed E-state index contributed by atoms with van der Waals surface area (Å²) in [4.78, 5) is 2.54. The number of quaternary nitrogens is 1. The van der Waals surface area contributed by atoms with Crippen LogP contribution >= 0.6 is 0 Å². The van der Waals surface area contributed by atoms with E-state index in [0.717, 1.165) is 62.0 Å². The highest BCUT2D eigenvalue weighted by Crippen LogP contribution is 2.67. The third kappa shape index (κ3) is 4.11. The lowest BCUT2D eigenvalue weighted by molar-refractivity contribution is -0.938. The first kappa shape index (κ1) is 27.6. The predicted octanol–water partition coefficient (Wildman–Crippen LogP) is 0.841. The Morgan fingerprint density at radius 2 is 1.72 bits per heavy atom. The van der Waals surface area contributed by atoms with Crippen molar-refractivity contribution in [3.8, 4) is 0 Å². The van der Waals surface area contributed by atoms with E-state index >= 15 is 0 Å². The number of hydrogen-bond acceptors (Lipinski definition) is 4. The minimum Gasteiger partial charge on any atom is -1.00 e. The Balaban J connectivity index is 0.00000267. The Morgan fingerprint density at radius 3 is 2.42 bits per heavy atom. The minimum atomic E-state index is -0.187. The molecule has 6 fully saturated rings. The average Bonchev–Trinajstić information content (AvgIpc) is 3.43. The molecule has 5 nitrogen and oxygen atoms in total. The van der Waals surface area contributed by atoms with Crippen LogP contribution in [0, 0.1) is 34.5 Å². The second-order valence-electron chi connectivity index (χ2n) is 14.0. The lowest BCUT2D eigenvalue weighted by Crippen LogP contribution is -3.00. The molecular formula is C30H51BrN2O3. The summed E-state index contributed by atoms with van der Waals surface area (Å²) in [5, 5.41) is 23.1. The zero-order valence-corrected chi connectivity index (χ0v) is 24.4. The molecule has 0 amide bonds. The first-order chi connectivity index (χ1) is 16.8. The van der Waals surface area contributed by atoms with E-state index < -0.39 is 0 Å². The first-order valence-electron chi connectivity index (χ1n) is 15.0. The van der Waals surface area contributed by atoms with E-state index in [4.69, 9.17) is 4.74 Å². The molecule has 4 aliphatic carbocycles. The van der Waals surface area contributed by atoms with Crippen LogP contribution in [0.25, 0.3) is 0 Å². The summed E-state index contributed by atoms with van der Waals surface area (Å²) in [6, 6.07) is 0.684. The fraction of sp³-hybridized carbons (Fsp3) is 0.933. The maximum Gasteiger partial charge on any atom is 0.116 e. The van der Waals surface area contributed by atoms with Crippen molar-refractivity contribution in [1.82, 2.24) is 4.90 Å². The molecule has 10 atom stereocenters. The number of rotatable bonds is 4. The maximum absolute atomic E-state index is 11.9. The summed E-state index contributed by atoms with van der Waals surface area (Å²) >= 11 is 0. The second kappa shape index (κ2) is 10.2. The van der Waals surface area contributed by atoms with Gasteiger partial charge in [-0.3, -0.25) is 4.90 Å². The number of hydrogen-bond donors (Lipinski definition) is 2. The van der Waals surface area contributed by atoms with Gasteiger partial charge >= 0.3 is 0 Å². The molecule has 0 aromatic carbocycles. The number of halogens is 1. The molecule has 36 heavy (non-hydrogen) atoms. The number of aliphatic hydroxyl groups is 2. The molecule has 0 aromatic rings. The summed E-state index contributed by atoms with van der Waals surface area (Å²) in [5.41, 5.74) is 0.387. The van der Waals surface area contributed by atoms with E-state index in [1.807, 2.05) is 0 Å². The van der Waals surface area contributed by atoms with Crippen molar-refractivity contribution in [1.29, 1.82) is 0 Å². The van der Waals surface area contributed by atoms with Crippen LogP contribution in [-0.2, 0) is 4.74 Å². The molecule has 0 spiro atoms. The lowest BCUT2D eigenvalue weighted by Gasteiger charge is -2.62. The average molecular weight is 568 g/mol. The van der Waals surface area contributed by atoms with Gasteiger partial charge in [0.25, 0.3) is 0 Å². The minimum absolute atomic E-state index is 0. The summed E-state index contributed by atoms with van der Waals surface area (Å²) in [6.07, 6.45) is 12.7. The van der Waals surface area contributed by atoms with Crippen molar-refractivity contribution in [2.24, 2.45) is 34.5 Å². The monoisotopic (exact) mass is 566 g/mol. The molecular weight excluding hydrogens is 516 g/mol. The van der Waals surface area contributed by atoms with Crippen molar-refractivity contribution in [2.45, 2.75) is 95.9 Å². The molecule has 6 rings (SSSR count). The fourth-order valence-corrected chi connectivity index (χ4v) is 10.9.